The molecule has 7 heteroatoms. The summed E-state index contributed by atoms with van der Waals surface area (Å²) >= 11 is 0. The number of amides is 1. The maximum atomic E-state index is 13.0. The van der Waals surface area contributed by atoms with Crippen LogP contribution >= 0.6 is 0 Å². The van der Waals surface area contributed by atoms with Crippen LogP contribution in [0.3, 0.4) is 0 Å². The van der Waals surface area contributed by atoms with Gasteiger partial charge in [-0.05, 0) is 31.9 Å². The van der Waals surface area contributed by atoms with Gasteiger partial charge >= 0.3 is 0 Å². The molecule has 1 atom stereocenters. The number of anilines is 1. The Labute approximate surface area is 109 Å². The molecule has 1 aromatic carbocycles. The van der Waals surface area contributed by atoms with Gasteiger partial charge < -0.3 is 10.6 Å². The lowest BCUT2D eigenvalue weighted by atomic mass is 10.2. The molecule has 0 saturated heterocycles. The highest BCUT2D eigenvalue weighted by Crippen LogP contribution is 2.26. The van der Waals surface area contributed by atoms with Gasteiger partial charge in [-0.2, -0.15) is 0 Å². The van der Waals surface area contributed by atoms with E-state index in [1.807, 2.05) is 0 Å². The van der Waals surface area contributed by atoms with Crippen LogP contribution in [0.25, 0.3) is 0 Å². The Hall–Kier alpha value is -2.18. The number of carbonyl (C=O) groups is 1. The second kappa shape index (κ2) is 5.21. The Bertz CT molecular complexity index is 517. The van der Waals surface area contributed by atoms with Crippen molar-refractivity contribution in [1.82, 2.24) is 5.32 Å². The van der Waals surface area contributed by atoms with Crippen molar-refractivity contribution in [1.29, 1.82) is 0 Å². The van der Waals surface area contributed by atoms with Crippen LogP contribution < -0.4 is 10.6 Å². The first-order valence-corrected chi connectivity index (χ1v) is 5.98. The van der Waals surface area contributed by atoms with E-state index in [1.54, 1.807) is 6.92 Å². The molecule has 0 bridgehead atoms. The molecule has 1 aliphatic carbocycles. The van der Waals surface area contributed by atoms with Crippen molar-refractivity contribution in [3.63, 3.8) is 0 Å². The van der Waals surface area contributed by atoms with E-state index in [4.69, 9.17) is 0 Å². The molecule has 1 aliphatic rings. The molecule has 1 unspecified atom stereocenters. The number of nitro benzene ring substituents is 1. The zero-order chi connectivity index (χ0) is 14.0. The number of halogens is 1. The van der Waals surface area contributed by atoms with Gasteiger partial charge in [0.1, 0.15) is 17.5 Å². The van der Waals surface area contributed by atoms with Crippen LogP contribution in [-0.2, 0) is 4.79 Å². The maximum absolute atomic E-state index is 13.0. The molecular weight excluding hydrogens is 253 g/mol. The van der Waals surface area contributed by atoms with Gasteiger partial charge in [-0.3, -0.25) is 14.9 Å². The Balaban J connectivity index is 2.08. The van der Waals surface area contributed by atoms with Gasteiger partial charge in [0.2, 0.25) is 5.91 Å². The molecule has 1 aromatic rings. The molecule has 19 heavy (non-hydrogen) atoms. The predicted octanol–water partition coefficient (Wildman–Crippen LogP) is 1.81. The molecule has 0 spiro atoms. The van der Waals surface area contributed by atoms with E-state index in [2.05, 4.69) is 10.6 Å². The Morgan fingerprint density at radius 3 is 2.79 bits per heavy atom. The van der Waals surface area contributed by atoms with Crippen molar-refractivity contribution >= 4 is 17.3 Å². The first-order valence-electron chi connectivity index (χ1n) is 5.98. The third kappa shape index (κ3) is 3.40. The molecule has 102 valence electrons. The molecule has 6 nitrogen and oxygen atoms in total. The van der Waals surface area contributed by atoms with Gasteiger partial charge in [-0.15, -0.1) is 0 Å². The third-order valence-corrected chi connectivity index (χ3v) is 2.85. The molecule has 0 radical (unpaired) electrons. The highest BCUT2D eigenvalue weighted by atomic mass is 19.1. The number of nitrogens with zero attached hydrogens (tertiary/aromatic N) is 1. The summed E-state index contributed by atoms with van der Waals surface area (Å²) in [5.41, 5.74) is -0.254. The Morgan fingerprint density at radius 1 is 1.53 bits per heavy atom. The first-order chi connectivity index (χ1) is 8.97. The molecule has 2 N–H and O–H groups in total. The van der Waals surface area contributed by atoms with Gasteiger partial charge in [-0.1, -0.05) is 0 Å². The summed E-state index contributed by atoms with van der Waals surface area (Å²) in [7, 11) is 0. The standard InChI is InChI=1S/C12H14FN3O3/c1-7(12(17)15-9-3-4-9)14-10-5-2-8(13)6-11(10)16(18)19/h2,5-7,9,14H,3-4H2,1H3,(H,15,17). The fourth-order valence-electron chi connectivity index (χ4n) is 1.63. The van der Waals surface area contributed by atoms with Crippen LogP contribution in [0.5, 0.6) is 0 Å². The van der Waals surface area contributed by atoms with E-state index in [0.29, 0.717) is 0 Å². The second-order valence-corrected chi connectivity index (χ2v) is 4.57. The van der Waals surface area contributed by atoms with Crippen LogP contribution in [-0.4, -0.2) is 22.9 Å². The molecule has 1 amide bonds. The van der Waals surface area contributed by atoms with E-state index < -0.39 is 16.8 Å². The number of hydrogen-bond acceptors (Lipinski definition) is 4. The Kier molecular flexibility index (Phi) is 3.64. The Morgan fingerprint density at radius 2 is 2.21 bits per heavy atom. The summed E-state index contributed by atoms with van der Waals surface area (Å²) in [5, 5.41) is 16.3. The van der Waals surface area contributed by atoms with E-state index in [0.717, 1.165) is 25.0 Å². The van der Waals surface area contributed by atoms with Crippen molar-refractivity contribution in [2.75, 3.05) is 5.32 Å². The number of hydrogen-bond donors (Lipinski definition) is 2. The van der Waals surface area contributed by atoms with Crippen LogP contribution in [0, 0.1) is 15.9 Å². The van der Waals surface area contributed by atoms with Crippen molar-refractivity contribution < 1.29 is 14.1 Å². The van der Waals surface area contributed by atoms with Crippen LogP contribution in [0.2, 0.25) is 0 Å². The number of rotatable bonds is 5. The first kappa shape index (κ1) is 13.3. The molecule has 0 aromatic heterocycles. The van der Waals surface area contributed by atoms with E-state index in [9.17, 15) is 19.3 Å². The summed E-state index contributed by atoms with van der Waals surface area (Å²) in [5.74, 6) is -0.909. The fourth-order valence-corrected chi connectivity index (χ4v) is 1.63. The minimum atomic E-state index is -0.688. The molecule has 2 rings (SSSR count). The zero-order valence-corrected chi connectivity index (χ0v) is 10.4. The fraction of sp³-hybridized carbons (Fsp3) is 0.417. The van der Waals surface area contributed by atoms with E-state index in [-0.39, 0.29) is 23.3 Å². The van der Waals surface area contributed by atoms with Crippen molar-refractivity contribution in [3.8, 4) is 0 Å². The average Bonchev–Trinajstić information content (AvgIpc) is 3.14. The molecule has 1 saturated carbocycles. The molecular formula is C12H14FN3O3. The summed E-state index contributed by atoms with van der Waals surface area (Å²) in [6, 6.07) is 2.80. The summed E-state index contributed by atoms with van der Waals surface area (Å²) in [4.78, 5) is 21.9. The predicted molar refractivity (Wildman–Crippen MR) is 67.3 cm³/mol. The van der Waals surface area contributed by atoms with Gasteiger partial charge in [0.05, 0.1) is 11.0 Å². The summed E-state index contributed by atoms with van der Waals surface area (Å²) in [6.07, 6.45) is 1.93. The second-order valence-electron chi connectivity index (χ2n) is 4.57. The van der Waals surface area contributed by atoms with Crippen molar-refractivity contribution in [2.45, 2.75) is 31.8 Å². The average molecular weight is 267 g/mol. The molecule has 0 heterocycles. The minimum Gasteiger partial charge on any atom is -0.368 e. The number of nitrogens with one attached hydrogen (secondary N) is 2. The smallest absolute Gasteiger partial charge is 0.295 e. The number of benzene rings is 1. The van der Waals surface area contributed by atoms with Crippen LogP contribution in [0.15, 0.2) is 18.2 Å². The van der Waals surface area contributed by atoms with E-state index in [1.165, 1.54) is 6.07 Å². The SMILES string of the molecule is CC(Nc1ccc(F)cc1[N+](=O)[O-])C(=O)NC1CC1. The largest absolute Gasteiger partial charge is 0.368 e. The maximum Gasteiger partial charge on any atom is 0.295 e. The van der Waals surface area contributed by atoms with Gasteiger partial charge in [0.25, 0.3) is 5.69 Å². The normalized spacial score (nSPS) is 15.7. The topological polar surface area (TPSA) is 84.3 Å². The highest BCUT2D eigenvalue weighted by Gasteiger charge is 2.26. The van der Waals surface area contributed by atoms with Gasteiger partial charge in [0.15, 0.2) is 0 Å². The zero-order valence-electron chi connectivity index (χ0n) is 10.4. The van der Waals surface area contributed by atoms with Crippen LogP contribution in [0.1, 0.15) is 19.8 Å². The minimum absolute atomic E-state index is 0.129. The highest BCUT2D eigenvalue weighted by molar-refractivity contribution is 5.85. The van der Waals surface area contributed by atoms with E-state index >= 15 is 0 Å². The van der Waals surface area contributed by atoms with Crippen molar-refractivity contribution in [3.05, 3.63) is 34.1 Å². The van der Waals surface area contributed by atoms with Crippen LogP contribution in [0.4, 0.5) is 15.8 Å². The van der Waals surface area contributed by atoms with Gasteiger partial charge in [0, 0.05) is 6.04 Å². The number of nitro groups is 1. The van der Waals surface area contributed by atoms with Crippen molar-refractivity contribution in [2.24, 2.45) is 0 Å². The summed E-state index contributed by atoms with van der Waals surface area (Å²) < 4.78 is 13.0. The lowest BCUT2D eigenvalue weighted by Crippen LogP contribution is -2.38. The number of carbonyl (C=O) groups excluding carboxylic acids is 1. The van der Waals surface area contributed by atoms with Gasteiger partial charge in [-0.25, -0.2) is 4.39 Å². The quantitative estimate of drug-likeness (QED) is 0.629. The lowest BCUT2D eigenvalue weighted by Gasteiger charge is -2.15. The molecule has 0 aliphatic heterocycles. The molecule has 1 fully saturated rings. The lowest BCUT2D eigenvalue weighted by molar-refractivity contribution is -0.384. The summed E-state index contributed by atoms with van der Waals surface area (Å²) in [6.45, 7) is 1.60. The monoisotopic (exact) mass is 267 g/mol. The third-order valence-electron chi connectivity index (χ3n) is 2.85.